The highest BCUT2D eigenvalue weighted by atomic mass is 19.4. The van der Waals surface area contributed by atoms with Crippen LogP contribution in [-0.4, -0.2) is 23.1 Å². The molecule has 0 saturated carbocycles. The summed E-state index contributed by atoms with van der Waals surface area (Å²) in [5.41, 5.74) is 3.90. The van der Waals surface area contributed by atoms with Crippen LogP contribution in [0.2, 0.25) is 0 Å². The standard InChI is InChI=1S/C24H24N2.C2HF3O2/c1-18(17-19-11-5-2-6-12-19)24-25-22(20-13-7-3-8-14-20)23(26-24)21-15-9-4-10-16-21;3-2(4,5)1(6)7/h2-16,18,22-23H,17H2,1H3,(H,25,26);(H,6,7)/t18?,22-,23+;. The summed E-state index contributed by atoms with van der Waals surface area (Å²) >= 11 is 0. The number of nitrogens with zero attached hydrogens (tertiary/aromatic N) is 1. The van der Waals surface area contributed by atoms with Crippen LogP contribution >= 0.6 is 0 Å². The van der Waals surface area contributed by atoms with Crippen molar-refractivity contribution < 1.29 is 23.1 Å². The fraction of sp³-hybridized carbons (Fsp3) is 0.231. The third-order valence-corrected chi connectivity index (χ3v) is 5.29. The molecular formula is C26H25F3N2O2. The van der Waals surface area contributed by atoms with Gasteiger partial charge in [0.25, 0.3) is 0 Å². The molecule has 3 atom stereocenters. The zero-order chi connectivity index (χ0) is 23.8. The van der Waals surface area contributed by atoms with Crippen molar-refractivity contribution in [2.75, 3.05) is 0 Å². The number of benzene rings is 3. The third-order valence-electron chi connectivity index (χ3n) is 5.29. The van der Waals surface area contributed by atoms with Crippen LogP contribution in [0, 0.1) is 5.92 Å². The summed E-state index contributed by atoms with van der Waals surface area (Å²) in [6, 6.07) is 32.2. The minimum absolute atomic E-state index is 0.117. The first kappa shape index (κ1) is 24.0. The number of aliphatic carboxylic acids is 1. The Hall–Kier alpha value is -3.61. The minimum atomic E-state index is -5.08. The zero-order valence-corrected chi connectivity index (χ0v) is 18.0. The van der Waals surface area contributed by atoms with E-state index in [0.29, 0.717) is 5.92 Å². The van der Waals surface area contributed by atoms with E-state index in [2.05, 4.69) is 103 Å². The molecule has 172 valence electrons. The monoisotopic (exact) mass is 454 g/mol. The number of carboxylic acid groups (broad SMARTS) is 1. The molecule has 4 nitrogen and oxygen atoms in total. The number of rotatable bonds is 5. The maximum atomic E-state index is 10.6. The van der Waals surface area contributed by atoms with Crippen molar-refractivity contribution in [2.24, 2.45) is 10.9 Å². The van der Waals surface area contributed by atoms with Gasteiger partial charge >= 0.3 is 12.1 Å². The van der Waals surface area contributed by atoms with Gasteiger partial charge in [0.1, 0.15) is 11.9 Å². The molecule has 0 amide bonds. The van der Waals surface area contributed by atoms with E-state index in [-0.39, 0.29) is 12.1 Å². The second-order valence-corrected chi connectivity index (χ2v) is 7.80. The molecule has 1 aliphatic rings. The van der Waals surface area contributed by atoms with E-state index in [1.165, 1.54) is 16.7 Å². The molecule has 0 saturated heterocycles. The number of nitrogens with one attached hydrogen (secondary N) is 1. The number of amidine groups is 1. The van der Waals surface area contributed by atoms with Crippen molar-refractivity contribution in [2.45, 2.75) is 31.6 Å². The van der Waals surface area contributed by atoms with Gasteiger partial charge in [-0.25, -0.2) is 4.79 Å². The summed E-state index contributed by atoms with van der Waals surface area (Å²) in [6.07, 6.45) is -4.09. The molecule has 0 spiro atoms. The van der Waals surface area contributed by atoms with Gasteiger partial charge in [-0.05, 0) is 23.1 Å². The molecule has 3 aromatic rings. The number of carbonyl (C=O) groups is 1. The highest BCUT2D eigenvalue weighted by molar-refractivity contribution is 5.87. The number of carboxylic acids is 1. The number of aliphatic imine (C=N–C) groups is 1. The molecule has 2 N–H and O–H groups in total. The average Bonchev–Trinajstić information content (AvgIpc) is 3.26. The van der Waals surface area contributed by atoms with E-state index >= 15 is 0 Å². The summed E-state index contributed by atoms with van der Waals surface area (Å²) in [5, 5.41) is 10.9. The number of alkyl halides is 3. The number of hydrogen-bond acceptors (Lipinski definition) is 3. The molecule has 0 fully saturated rings. The molecule has 3 aromatic carbocycles. The van der Waals surface area contributed by atoms with Crippen LogP contribution < -0.4 is 5.32 Å². The van der Waals surface area contributed by atoms with E-state index in [1.807, 2.05) is 0 Å². The molecule has 0 bridgehead atoms. The van der Waals surface area contributed by atoms with Crippen molar-refractivity contribution in [3.63, 3.8) is 0 Å². The molecule has 7 heteroatoms. The maximum absolute atomic E-state index is 10.6. The predicted octanol–water partition coefficient (Wildman–Crippen LogP) is 5.98. The SMILES string of the molecule is CC(Cc1ccccc1)C1=N[C@H](c2ccccc2)[C@H](c2ccccc2)N1.O=C(O)C(F)(F)F. The second-order valence-electron chi connectivity index (χ2n) is 7.80. The molecule has 1 heterocycles. The predicted molar refractivity (Wildman–Crippen MR) is 122 cm³/mol. The molecule has 1 aliphatic heterocycles. The van der Waals surface area contributed by atoms with Gasteiger partial charge in [-0.1, -0.05) is 97.9 Å². The van der Waals surface area contributed by atoms with Gasteiger partial charge in [0.05, 0.1) is 6.04 Å². The van der Waals surface area contributed by atoms with Crippen LogP contribution in [-0.2, 0) is 11.2 Å². The smallest absolute Gasteiger partial charge is 0.475 e. The van der Waals surface area contributed by atoms with Gasteiger partial charge in [0.2, 0.25) is 0 Å². The first-order chi connectivity index (χ1) is 15.8. The quantitative estimate of drug-likeness (QED) is 0.498. The lowest BCUT2D eigenvalue weighted by Gasteiger charge is -2.20. The number of halogens is 3. The lowest BCUT2D eigenvalue weighted by molar-refractivity contribution is -0.192. The van der Waals surface area contributed by atoms with E-state index in [0.717, 1.165) is 12.3 Å². The zero-order valence-electron chi connectivity index (χ0n) is 18.0. The van der Waals surface area contributed by atoms with Crippen LogP contribution in [0.3, 0.4) is 0 Å². The molecule has 0 aliphatic carbocycles. The average molecular weight is 454 g/mol. The Morgan fingerprint density at radius 1 is 0.909 bits per heavy atom. The highest BCUT2D eigenvalue weighted by Gasteiger charge is 2.38. The molecule has 33 heavy (non-hydrogen) atoms. The highest BCUT2D eigenvalue weighted by Crippen LogP contribution is 2.37. The van der Waals surface area contributed by atoms with Gasteiger partial charge in [0, 0.05) is 5.92 Å². The molecule has 0 radical (unpaired) electrons. The van der Waals surface area contributed by atoms with Crippen molar-refractivity contribution >= 4 is 11.8 Å². The summed E-state index contributed by atoms with van der Waals surface area (Å²) in [5.74, 6) is -1.29. The van der Waals surface area contributed by atoms with E-state index < -0.39 is 12.1 Å². The summed E-state index contributed by atoms with van der Waals surface area (Å²) in [7, 11) is 0. The summed E-state index contributed by atoms with van der Waals surface area (Å²) in [6.45, 7) is 2.26. The van der Waals surface area contributed by atoms with Crippen molar-refractivity contribution in [3.8, 4) is 0 Å². The minimum Gasteiger partial charge on any atom is -0.475 e. The van der Waals surface area contributed by atoms with Crippen molar-refractivity contribution in [3.05, 3.63) is 108 Å². The lowest BCUT2D eigenvalue weighted by Crippen LogP contribution is -2.29. The Morgan fingerprint density at radius 2 is 1.36 bits per heavy atom. The Balaban J connectivity index is 0.000000383. The Bertz CT molecular complexity index is 1060. The van der Waals surface area contributed by atoms with E-state index in [1.54, 1.807) is 0 Å². The second kappa shape index (κ2) is 10.8. The molecule has 4 rings (SSSR count). The van der Waals surface area contributed by atoms with Gasteiger partial charge in [-0.15, -0.1) is 0 Å². The van der Waals surface area contributed by atoms with Crippen molar-refractivity contribution in [1.82, 2.24) is 5.32 Å². The Kier molecular flexibility index (Phi) is 7.87. The number of hydrogen-bond donors (Lipinski definition) is 2. The van der Waals surface area contributed by atoms with Gasteiger partial charge < -0.3 is 10.4 Å². The van der Waals surface area contributed by atoms with Crippen LogP contribution in [0.15, 0.2) is 96.0 Å². The first-order valence-electron chi connectivity index (χ1n) is 10.5. The van der Waals surface area contributed by atoms with Crippen LogP contribution in [0.4, 0.5) is 13.2 Å². The Labute approximate surface area is 190 Å². The van der Waals surface area contributed by atoms with Gasteiger partial charge in [-0.2, -0.15) is 13.2 Å². The lowest BCUT2D eigenvalue weighted by atomic mass is 9.95. The van der Waals surface area contributed by atoms with Gasteiger partial charge in [0.15, 0.2) is 0 Å². The topological polar surface area (TPSA) is 61.7 Å². The Morgan fingerprint density at radius 3 is 1.85 bits per heavy atom. The largest absolute Gasteiger partial charge is 0.490 e. The van der Waals surface area contributed by atoms with Gasteiger partial charge in [-0.3, -0.25) is 4.99 Å². The summed E-state index contributed by atoms with van der Waals surface area (Å²) in [4.78, 5) is 14.0. The fourth-order valence-corrected chi connectivity index (χ4v) is 3.68. The maximum Gasteiger partial charge on any atom is 0.490 e. The molecule has 1 unspecified atom stereocenters. The summed E-state index contributed by atoms with van der Waals surface area (Å²) < 4.78 is 31.7. The van der Waals surface area contributed by atoms with Crippen molar-refractivity contribution in [1.29, 1.82) is 0 Å². The van der Waals surface area contributed by atoms with Crippen LogP contribution in [0.5, 0.6) is 0 Å². The third kappa shape index (κ3) is 6.68. The van der Waals surface area contributed by atoms with Crippen LogP contribution in [0.25, 0.3) is 0 Å². The van der Waals surface area contributed by atoms with E-state index in [9.17, 15) is 13.2 Å². The van der Waals surface area contributed by atoms with Crippen LogP contribution in [0.1, 0.15) is 35.7 Å². The fourth-order valence-electron chi connectivity index (χ4n) is 3.68. The molecular weight excluding hydrogens is 429 g/mol. The normalized spacial score (nSPS) is 18.4. The van der Waals surface area contributed by atoms with E-state index in [4.69, 9.17) is 14.9 Å². The first-order valence-corrected chi connectivity index (χ1v) is 10.5. The molecule has 0 aromatic heterocycles.